The molecule has 0 atom stereocenters. The van der Waals surface area contributed by atoms with Crippen molar-refractivity contribution in [3.8, 4) is 0 Å². The topological polar surface area (TPSA) is 53.1 Å². The summed E-state index contributed by atoms with van der Waals surface area (Å²) in [6, 6.07) is 15.7. The lowest BCUT2D eigenvalue weighted by Crippen LogP contribution is -2.24. The summed E-state index contributed by atoms with van der Waals surface area (Å²) in [7, 11) is 2.17. The fourth-order valence-electron chi connectivity index (χ4n) is 3.81. The van der Waals surface area contributed by atoms with Gasteiger partial charge in [-0.25, -0.2) is 0 Å². The molecule has 0 aliphatic carbocycles. The van der Waals surface area contributed by atoms with Gasteiger partial charge in [0, 0.05) is 57.7 Å². The number of benzene rings is 2. The number of rotatable bonds is 10. The minimum Gasteiger partial charge on any atom is -0.384 e. The zero-order valence-electron chi connectivity index (χ0n) is 18.1. The third-order valence-electron chi connectivity index (χ3n) is 5.47. The van der Waals surface area contributed by atoms with Crippen LogP contribution in [0.2, 0.25) is 10.0 Å². The number of aromatic nitrogens is 2. The monoisotopic (exact) mass is 467 g/mol. The van der Waals surface area contributed by atoms with Crippen molar-refractivity contribution in [1.29, 1.82) is 0 Å². The largest absolute Gasteiger partial charge is 0.384 e. The van der Waals surface area contributed by atoms with E-state index in [2.05, 4.69) is 32.5 Å². The standard InChI is InChI=1S/C25H27Cl2N5/c1-32(14-2-10-28-22-8-12-30-24-16-18(26)4-6-20(22)24)15-3-11-29-23-9-13-31-25-17-19(27)5-7-21(23)25/h4-9,12-13,16-17H,2-3,10-11,14-15H2,1H3,(H,28,30)(H,29,31). The summed E-state index contributed by atoms with van der Waals surface area (Å²) in [5.74, 6) is 0. The lowest BCUT2D eigenvalue weighted by molar-refractivity contribution is 0.331. The second-order valence-corrected chi connectivity index (χ2v) is 8.78. The van der Waals surface area contributed by atoms with Crippen LogP contribution in [0.25, 0.3) is 21.8 Å². The first-order chi connectivity index (χ1) is 15.6. The van der Waals surface area contributed by atoms with Gasteiger partial charge in [0.25, 0.3) is 0 Å². The van der Waals surface area contributed by atoms with Gasteiger partial charge in [-0.15, -0.1) is 0 Å². The highest BCUT2D eigenvalue weighted by molar-refractivity contribution is 6.31. The molecule has 0 aliphatic heterocycles. The summed E-state index contributed by atoms with van der Waals surface area (Å²) in [5.41, 5.74) is 4.03. The summed E-state index contributed by atoms with van der Waals surface area (Å²) < 4.78 is 0. The van der Waals surface area contributed by atoms with Crippen LogP contribution in [0.3, 0.4) is 0 Å². The maximum Gasteiger partial charge on any atom is 0.0737 e. The van der Waals surface area contributed by atoms with Gasteiger partial charge in [-0.3, -0.25) is 9.97 Å². The van der Waals surface area contributed by atoms with Crippen LogP contribution in [-0.2, 0) is 0 Å². The van der Waals surface area contributed by atoms with Gasteiger partial charge in [-0.1, -0.05) is 23.2 Å². The maximum atomic E-state index is 6.07. The molecule has 32 heavy (non-hydrogen) atoms. The molecule has 0 spiro atoms. The Morgan fingerprint density at radius 3 is 1.66 bits per heavy atom. The van der Waals surface area contributed by atoms with Gasteiger partial charge in [0.15, 0.2) is 0 Å². The van der Waals surface area contributed by atoms with Gasteiger partial charge in [-0.2, -0.15) is 0 Å². The van der Waals surface area contributed by atoms with Gasteiger partial charge < -0.3 is 15.5 Å². The Labute approximate surface area is 198 Å². The highest BCUT2D eigenvalue weighted by Crippen LogP contribution is 2.25. The quantitative estimate of drug-likeness (QED) is 0.267. The summed E-state index contributed by atoms with van der Waals surface area (Å²) in [5, 5.41) is 10.7. The first-order valence-electron chi connectivity index (χ1n) is 10.8. The maximum absolute atomic E-state index is 6.07. The van der Waals surface area contributed by atoms with Gasteiger partial charge in [0.05, 0.1) is 11.0 Å². The van der Waals surface area contributed by atoms with Crippen molar-refractivity contribution in [3.63, 3.8) is 0 Å². The van der Waals surface area contributed by atoms with Crippen molar-refractivity contribution in [2.24, 2.45) is 0 Å². The molecule has 166 valence electrons. The Morgan fingerprint density at radius 1 is 0.719 bits per heavy atom. The van der Waals surface area contributed by atoms with Crippen LogP contribution >= 0.6 is 23.2 Å². The molecule has 0 unspecified atom stereocenters. The van der Waals surface area contributed by atoms with Crippen molar-refractivity contribution in [3.05, 3.63) is 71.0 Å². The predicted molar refractivity (Wildman–Crippen MR) is 137 cm³/mol. The molecule has 2 aromatic carbocycles. The van der Waals surface area contributed by atoms with Gasteiger partial charge in [0.2, 0.25) is 0 Å². The van der Waals surface area contributed by atoms with E-state index >= 15 is 0 Å². The molecule has 0 saturated heterocycles. The molecule has 4 aromatic rings. The van der Waals surface area contributed by atoms with Crippen LogP contribution in [0.1, 0.15) is 12.8 Å². The average molecular weight is 468 g/mol. The van der Waals surface area contributed by atoms with Gasteiger partial charge >= 0.3 is 0 Å². The van der Waals surface area contributed by atoms with E-state index in [1.165, 1.54) is 0 Å². The molecule has 5 nitrogen and oxygen atoms in total. The van der Waals surface area contributed by atoms with Gasteiger partial charge in [0.1, 0.15) is 0 Å². The van der Waals surface area contributed by atoms with E-state index in [4.69, 9.17) is 23.2 Å². The summed E-state index contributed by atoms with van der Waals surface area (Å²) in [6.07, 6.45) is 5.77. The minimum absolute atomic E-state index is 0.708. The number of pyridine rings is 2. The fourth-order valence-corrected chi connectivity index (χ4v) is 4.14. The van der Waals surface area contributed by atoms with Crippen LogP contribution in [0.4, 0.5) is 11.4 Å². The van der Waals surface area contributed by atoms with Crippen molar-refractivity contribution >= 4 is 56.4 Å². The Hall–Kier alpha value is -2.60. The molecule has 2 heterocycles. The molecule has 0 bridgehead atoms. The molecule has 7 heteroatoms. The van der Waals surface area contributed by atoms with Crippen molar-refractivity contribution in [2.45, 2.75) is 12.8 Å². The molecule has 2 N–H and O–H groups in total. The average Bonchev–Trinajstić information content (AvgIpc) is 2.79. The first kappa shape index (κ1) is 22.6. The van der Waals surface area contributed by atoms with Crippen LogP contribution in [0.5, 0.6) is 0 Å². The van der Waals surface area contributed by atoms with E-state index in [9.17, 15) is 0 Å². The predicted octanol–water partition coefficient (Wildman–Crippen LogP) is 6.33. The molecular weight excluding hydrogens is 441 g/mol. The van der Waals surface area contributed by atoms with Crippen LogP contribution < -0.4 is 10.6 Å². The van der Waals surface area contributed by atoms with Crippen LogP contribution in [-0.4, -0.2) is 48.1 Å². The number of halogens is 2. The van der Waals surface area contributed by atoms with E-state index in [1.54, 1.807) is 0 Å². The number of hydrogen-bond acceptors (Lipinski definition) is 5. The zero-order valence-corrected chi connectivity index (χ0v) is 19.6. The number of nitrogens with one attached hydrogen (secondary N) is 2. The Kier molecular flexibility index (Phi) is 7.63. The van der Waals surface area contributed by atoms with E-state index in [-0.39, 0.29) is 0 Å². The molecule has 0 saturated carbocycles. The summed E-state index contributed by atoms with van der Waals surface area (Å²) in [6.45, 7) is 3.91. The summed E-state index contributed by atoms with van der Waals surface area (Å²) >= 11 is 12.1. The number of hydrogen-bond donors (Lipinski definition) is 2. The first-order valence-corrected chi connectivity index (χ1v) is 11.6. The highest BCUT2D eigenvalue weighted by atomic mass is 35.5. The van der Waals surface area contributed by atoms with E-state index in [0.717, 1.165) is 72.2 Å². The Balaban J connectivity index is 1.18. The summed E-state index contributed by atoms with van der Waals surface area (Å²) in [4.78, 5) is 11.2. The molecule has 4 rings (SSSR count). The minimum atomic E-state index is 0.708. The molecule has 0 fully saturated rings. The smallest absolute Gasteiger partial charge is 0.0737 e. The lowest BCUT2D eigenvalue weighted by atomic mass is 10.2. The van der Waals surface area contributed by atoms with Crippen molar-refractivity contribution in [2.75, 3.05) is 43.9 Å². The second-order valence-electron chi connectivity index (χ2n) is 7.90. The van der Waals surface area contributed by atoms with Crippen molar-refractivity contribution < 1.29 is 0 Å². The van der Waals surface area contributed by atoms with E-state index in [0.29, 0.717) is 10.0 Å². The lowest BCUT2D eigenvalue weighted by Gasteiger charge is -2.18. The Morgan fingerprint density at radius 2 is 1.19 bits per heavy atom. The molecular formula is C25H27Cl2N5. The SMILES string of the molecule is CN(CCCNc1ccnc2cc(Cl)ccc12)CCCNc1ccnc2cc(Cl)ccc12. The zero-order chi connectivity index (χ0) is 22.3. The third-order valence-corrected chi connectivity index (χ3v) is 5.94. The molecule has 0 amide bonds. The van der Waals surface area contributed by atoms with Crippen molar-refractivity contribution in [1.82, 2.24) is 14.9 Å². The molecule has 0 radical (unpaired) electrons. The Bertz CT molecular complexity index is 1100. The van der Waals surface area contributed by atoms with Crippen LogP contribution in [0, 0.1) is 0 Å². The normalized spacial score (nSPS) is 11.4. The third kappa shape index (κ3) is 5.80. The molecule has 0 aliphatic rings. The highest BCUT2D eigenvalue weighted by Gasteiger charge is 2.05. The van der Waals surface area contributed by atoms with Gasteiger partial charge in [-0.05, 0) is 81.5 Å². The van der Waals surface area contributed by atoms with Crippen LogP contribution in [0.15, 0.2) is 60.9 Å². The van der Waals surface area contributed by atoms with E-state index < -0.39 is 0 Å². The van der Waals surface area contributed by atoms with E-state index in [1.807, 2.05) is 60.9 Å². The fraction of sp³-hybridized carbons (Fsp3) is 0.280. The number of fused-ring (bicyclic) bond motifs is 2. The molecule has 2 aromatic heterocycles. The number of anilines is 2. The second kappa shape index (κ2) is 10.8. The number of nitrogens with zero attached hydrogens (tertiary/aromatic N) is 3.